The molecule has 328 valence electrons. The van der Waals surface area contributed by atoms with E-state index >= 15 is 0 Å². The summed E-state index contributed by atoms with van der Waals surface area (Å²) >= 11 is 0. The van der Waals surface area contributed by atoms with Crippen LogP contribution in [0.25, 0.3) is 0 Å². The van der Waals surface area contributed by atoms with Gasteiger partial charge >= 0.3 is 10.4 Å². The Morgan fingerprint density at radius 2 is 1.05 bits per heavy atom. The predicted molar refractivity (Wildman–Crippen MR) is 215 cm³/mol. The fourth-order valence-corrected chi connectivity index (χ4v) is 7.74. The monoisotopic (exact) mass is 812 g/mol. The van der Waals surface area contributed by atoms with Gasteiger partial charge in [-0.05, 0) is 12.8 Å². The SMILES string of the molecule is CCCCCCCCCCCCCCCCCCC(O)C(COC1OC(CO)C(O)C(OS(=O)(=O)O)C1O)NC(=O)C(O)CCCCCCCCCCCC. The fourth-order valence-electron chi connectivity index (χ4n) is 7.23. The molecule has 55 heavy (non-hydrogen) atoms. The van der Waals surface area contributed by atoms with Crippen molar-refractivity contribution in [2.45, 2.75) is 243 Å². The molecule has 8 atom stereocenters. The van der Waals surface area contributed by atoms with Gasteiger partial charge in [0.2, 0.25) is 5.91 Å². The number of rotatable bonds is 37. The van der Waals surface area contributed by atoms with Crippen LogP contribution in [0.5, 0.6) is 0 Å². The molecular formula is C41H81NO12S. The molecule has 0 aromatic heterocycles. The van der Waals surface area contributed by atoms with Crippen LogP contribution in [0.15, 0.2) is 0 Å². The van der Waals surface area contributed by atoms with Crippen molar-refractivity contribution in [2.75, 3.05) is 13.2 Å². The molecule has 0 bridgehead atoms. The summed E-state index contributed by atoms with van der Waals surface area (Å²) in [6.07, 6.45) is 20.1. The molecule has 1 heterocycles. The second kappa shape index (κ2) is 33.0. The third-order valence-corrected chi connectivity index (χ3v) is 11.2. The van der Waals surface area contributed by atoms with Gasteiger partial charge in [0.25, 0.3) is 0 Å². The van der Waals surface area contributed by atoms with Gasteiger partial charge in [0.05, 0.1) is 25.4 Å². The van der Waals surface area contributed by atoms with Gasteiger partial charge in [-0.15, -0.1) is 0 Å². The minimum Gasteiger partial charge on any atom is -0.394 e. The van der Waals surface area contributed by atoms with Gasteiger partial charge in [-0.2, -0.15) is 8.42 Å². The average molecular weight is 812 g/mol. The Morgan fingerprint density at radius 1 is 0.655 bits per heavy atom. The molecule has 14 heteroatoms. The van der Waals surface area contributed by atoms with Gasteiger partial charge in [0, 0.05) is 0 Å². The van der Waals surface area contributed by atoms with Gasteiger partial charge in [0.1, 0.15) is 30.5 Å². The first-order chi connectivity index (χ1) is 26.4. The maximum Gasteiger partial charge on any atom is 0.397 e. The van der Waals surface area contributed by atoms with Gasteiger partial charge < -0.3 is 40.3 Å². The van der Waals surface area contributed by atoms with Crippen LogP contribution in [-0.2, 0) is 28.9 Å². The highest BCUT2D eigenvalue weighted by Crippen LogP contribution is 2.26. The standard InChI is InChI=1S/C41H81NO12S/c1-3-5-7-9-11-13-15-16-17-18-19-20-22-23-25-27-29-34(44)33(42-40(48)35(45)30-28-26-24-21-14-12-10-8-6-4-2)32-52-41-38(47)39(54-55(49,50)51)37(46)36(31-43)53-41/h33-39,41,43-47H,3-32H2,1-2H3,(H,42,48)(H,49,50,51). The third kappa shape index (κ3) is 25.9. The van der Waals surface area contributed by atoms with Gasteiger partial charge in [-0.3, -0.25) is 9.35 Å². The Bertz CT molecular complexity index is 1020. The quantitative estimate of drug-likeness (QED) is 0.0255. The van der Waals surface area contributed by atoms with Crippen molar-refractivity contribution in [1.82, 2.24) is 5.32 Å². The first-order valence-electron chi connectivity index (χ1n) is 22.0. The maximum atomic E-state index is 13.0. The molecule has 7 N–H and O–H groups in total. The third-order valence-electron chi connectivity index (χ3n) is 10.8. The molecule has 1 aliphatic rings. The normalized spacial score (nSPS) is 22.1. The van der Waals surface area contributed by atoms with E-state index in [2.05, 4.69) is 23.3 Å². The average Bonchev–Trinajstić information content (AvgIpc) is 3.15. The zero-order valence-corrected chi connectivity index (χ0v) is 35.2. The number of aliphatic hydroxyl groups is 5. The summed E-state index contributed by atoms with van der Waals surface area (Å²) in [5, 5.41) is 55.2. The molecule has 0 aliphatic carbocycles. The predicted octanol–water partition coefficient (Wildman–Crippen LogP) is 6.80. The van der Waals surface area contributed by atoms with E-state index in [9.17, 15) is 38.7 Å². The molecule has 0 radical (unpaired) electrons. The molecule has 0 spiro atoms. The Balaban J connectivity index is 2.58. The van der Waals surface area contributed by atoms with Gasteiger partial charge in [-0.1, -0.05) is 181 Å². The van der Waals surface area contributed by atoms with Crippen LogP contribution >= 0.6 is 0 Å². The number of nitrogens with one attached hydrogen (secondary N) is 1. The van der Waals surface area contributed by atoms with E-state index in [0.717, 1.165) is 38.5 Å². The van der Waals surface area contributed by atoms with Crippen molar-refractivity contribution >= 4 is 16.3 Å². The van der Waals surface area contributed by atoms with E-state index in [1.54, 1.807) is 0 Å². The largest absolute Gasteiger partial charge is 0.397 e. The van der Waals surface area contributed by atoms with Gasteiger partial charge in [-0.25, -0.2) is 4.18 Å². The highest BCUT2D eigenvalue weighted by atomic mass is 32.3. The molecule has 0 aromatic carbocycles. The molecule has 1 saturated heterocycles. The van der Waals surface area contributed by atoms with Crippen LogP contribution in [0.3, 0.4) is 0 Å². The van der Waals surface area contributed by atoms with E-state index in [4.69, 9.17) is 14.0 Å². The fraction of sp³-hybridized carbons (Fsp3) is 0.976. The van der Waals surface area contributed by atoms with Crippen molar-refractivity contribution in [1.29, 1.82) is 0 Å². The van der Waals surface area contributed by atoms with Crippen molar-refractivity contribution in [3.05, 3.63) is 0 Å². The summed E-state index contributed by atoms with van der Waals surface area (Å²) in [5.74, 6) is -0.670. The number of hydrogen-bond donors (Lipinski definition) is 7. The number of hydrogen-bond acceptors (Lipinski definition) is 11. The number of ether oxygens (including phenoxy) is 2. The highest BCUT2D eigenvalue weighted by Gasteiger charge is 2.48. The van der Waals surface area contributed by atoms with E-state index in [-0.39, 0.29) is 6.42 Å². The van der Waals surface area contributed by atoms with E-state index < -0.39 is 78.5 Å². The van der Waals surface area contributed by atoms with Crippen LogP contribution < -0.4 is 5.32 Å². The molecular weight excluding hydrogens is 731 g/mol. The zero-order valence-electron chi connectivity index (χ0n) is 34.4. The summed E-state index contributed by atoms with van der Waals surface area (Å²) in [7, 11) is -5.10. The van der Waals surface area contributed by atoms with Crippen LogP contribution in [0, 0.1) is 0 Å². The molecule has 0 saturated carbocycles. The lowest BCUT2D eigenvalue weighted by Gasteiger charge is -2.41. The van der Waals surface area contributed by atoms with E-state index in [1.807, 2.05) is 0 Å². The molecule has 1 fully saturated rings. The first kappa shape index (κ1) is 52.1. The van der Waals surface area contributed by atoms with Crippen LogP contribution in [0.2, 0.25) is 0 Å². The second-order valence-electron chi connectivity index (χ2n) is 15.8. The van der Waals surface area contributed by atoms with Crippen molar-refractivity contribution in [3.63, 3.8) is 0 Å². The van der Waals surface area contributed by atoms with Gasteiger partial charge in [0.15, 0.2) is 6.29 Å². The van der Waals surface area contributed by atoms with Crippen LogP contribution in [-0.4, -0.2) is 107 Å². The zero-order chi connectivity index (χ0) is 40.7. The molecule has 1 rings (SSSR count). The molecule has 0 aromatic rings. The van der Waals surface area contributed by atoms with Crippen molar-refractivity contribution in [2.24, 2.45) is 0 Å². The summed E-state index contributed by atoms with van der Waals surface area (Å²) in [5.41, 5.74) is 0. The number of aliphatic hydroxyl groups excluding tert-OH is 5. The molecule has 1 amide bonds. The molecule has 8 unspecified atom stereocenters. The maximum absolute atomic E-state index is 13.0. The minimum atomic E-state index is -5.10. The molecule has 1 aliphatic heterocycles. The summed E-state index contributed by atoms with van der Waals surface area (Å²) in [6, 6.07) is -1.03. The van der Waals surface area contributed by atoms with E-state index in [1.165, 1.54) is 116 Å². The first-order valence-corrected chi connectivity index (χ1v) is 23.4. The van der Waals surface area contributed by atoms with Crippen LogP contribution in [0.4, 0.5) is 0 Å². The summed E-state index contributed by atoms with van der Waals surface area (Å²) < 4.78 is 47.5. The molecule has 13 nitrogen and oxygen atoms in total. The Kier molecular flexibility index (Phi) is 31.2. The lowest BCUT2D eigenvalue weighted by molar-refractivity contribution is -0.298. The second-order valence-corrected chi connectivity index (χ2v) is 16.8. The topological polar surface area (TPSA) is 212 Å². The van der Waals surface area contributed by atoms with Crippen LogP contribution in [0.1, 0.15) is 194 Å². The number of carbonyl (C=O) groups excluding carboxylic acids is 1. The minimum absolute atomic E-state index is 0.264. The number of carbonyl (C=O) groups is 1. The summed E-state index contributed by atoms with van der Waals surface area (Å²) in [4.78, 5) is 13.0. The van der Waals surface area contributed by atoms with Crippen molar-refractivity contribution in [3.8, 4) is 0 Å². The lowest BCUT2D eigenvalue weighted by atomic mass is 9.99. The Hall–Kier alpha value is -0.940. The number of unbranched alkanes of at least 4 members (excludes halogenated alkanes) is 24. The van der Waals surface area contributed by atoms with Crippen molar-refractivity contribution < 1.29 is 57.0 Å². The van der Waals surface area contributed by atoms with E-state index in [0.29, 0.717) is 19.3 Å². The highest BCUT2D eigenvalue weighted by molar-refractivity contribution is 7.80. The smallest absolute Gasteiger partial charge is 0.394 e. The lowest BCUT2D eigenvalue weighted by Crippen LogP contribution is -2.61. The Labute approximate surface area is 333 Å². The Morgan fingerprint density at radius 3 is 1.45 bits per heavy atom. The summed E-state index contributed by atoms with van der Waals surface area (Å²) in [6.45, 7) is 3.25. The number of amides is 1.